The molecule has 1 unspecified atom stereocenters. The molecule has 0 N–H and O–H groups in total. The third kappa shape index (κ3) is 5.52. The van der Waals surface area contributed by atoms with Crippen LogP contribution < -0.4 is 9.80 Å². The van der Waals surface area contributed by atoms with Crippen LogP contribution in [0.3, 0.4) is 0 Å². The molecule has 2 aliphatic heterocycles. The Morgan fingerprint density at radius 3 is 2.39 bits per heavy atom. The summed E-state index contributed by atoms with van der Waals surface area (Å²) in [5.41, 5.74) is 3.90. The highest BCUT2D eigenvalue weighted by molar-refractivity contribution is 6.13. The van der Waals surface area contributed by atoms with Crippen molar-refractivity contribution in [2.24, 2.45) is 0 Å². The second-order valence-corrected chi connectivity index (χ2v) is 10.9. The van der Waals surface area contributed by atoms with Crippen molar-refractivity contribution in [2.75, 3.05) is 42.7 Å². The minimum atomic E-state index is -0.722. The molecule has 10 heteroatoms. The summed E-state index contributed by atoms with van der Waals surface area (Å²) >= 11 is 0. The lowest BCUT2D eigenvalue weighted by atomic mass is 10.1. The van der Waals surface area contributed by atoms with Gasteiger partial charge in [-0.05, 0) is 61.4 Å². The lowest BCUT2D eigenvalue weighted by molar-refractivity contribution is -0.131. The number of carbonyl (C=O) groups is 3. The lowest BCUT2D eigenvalue weighted by Gasteiger charge is -2.36. The van der Waals surface area contributed by atoms with Gasteiger partial charge in [0.15, 0.2) is 0 Å². The summed E-state index contributed by atoms with van der Waals surface area (Å²) in [7, 11) is 0. The fourth-order valence-corrected chi connectivity index (χ4v) is 5.49. The Bertz CT molecular complexity index is 1430. The van der Waals surface area contributed by atoms with E-state index < -0.39 is 12.1 Å². The SMILES string of the molecule is Cc1cc(C2CC2)cnc1N1CCN(C(=O)c2ccc(N3C(=O)N(COCc4ccccc4)C(=O)C3C)nc2)CC1. The lowest BCUT2D eigenvalue weighted by Crippen LogP contribution is -2.49. The van der Waals surface area contributed by atoms with E-state index in [1.807, 2.05) is 41.4 Å². The summed E-state index contributed by atoms with van der Waals surface area (Å²) in [6.45, 7) is 6.49. The molecule has 41 heavy (non-hydrogen) atoms. The summed E-state index contributed by atoms with van der Waals surface area (Å²) in [4.78, 5) is 54.7. The van der Waals surface area contributed by atoms with Crippen molar-refractivity contribution >= 4 is 29.5 Å². The number of ether oxygens (including phenoxy) is 1. The zero-order chi connectivity index (χ0) is 28.5. The highest BCUT2D eigenvalue weighted by Crippen LogP contribution is 2.40. The fourth-order valence-electron chi connectivity index (χ4n) is 5.49. The van der Waals surface area contributed by atoms with Gasteiger partial charge in [0.2, 0.25) is 0 Å². The van der Waals surface area contributed by atoms with Gasteiger partial charge in [-0.1, -0.05) is 36.4 Å². The normalized spacial score (nSPS) is 19.3. The Labute approximate surface area is 239 Å². The van der Waals surface area contributed by atoms with E-state index in [-0.39, 0.29) is 18.5 Å². The summed E-state index contributed by atoms with van der Waals surface area (Å²) in [5.74, 6) is 1.53. The molecule has 1 aromatic carbocycles. The standard InChI is InChI=1S/C31H34N6O4/c1-21-16-26(24-8-9-24)18-33-28(21)34-12-14-35(15-13-34)30(39)25-10-11-27(32-17-25)37-22(2)29(38)36(31(37)40)20-41-19-23-6-4-3-5-7-23/h3-7,10-11,16-18,22,24H,8-9,12-15,19-20H2,1-2H3. The number of rotatable bonds is 8. The number of aromatic nitrogens is 2. The molecule has 1 aliphatic carbocycles. The smallest absolute Gasteiger partial charge is 0.335 e. The minimum absolute atomic E-state index is 0.106. The Morgan fingerprint density at radius 2 is 1.73 bits per heavy atom. The minimum Gasteiger partial charge on any atom is -0.356 e. The predicted octanol–water partition coefficient (Wildman–Crippen LogP) is 3.96. The average molecular weight is 555 g/mol. The van der Waals surface area contributed by atoms with Crippen LogP contribution in [0.1, 0.15) is 52.7 Å². The molecule has 1 saturated carbocycles. The highest BCUT2D eigenvalue weighted by atomic mass is 16.5. The van der Waals surface area contributed by atoms with Crippen molar-refractivity contribution in [3.05, 3.63) is 83.2 Å². The summed E-state index contributed by atoms with van der Waals surface area (Å²) < 4.78 is 5.63. The number of hydrogen-bond acceptors (Lipinski definition) is 7. The van der Waals surface area contributed by atoms with E-state index in [9.17, 15) is 14.4 Å². The van der Waals surface area contributed by atoms with Crippen LogP contribution in [0, 0.1) is 6.92 Å². The predicted molar refractivity (Wildman–Crippen MR) is 154 cm³/mol. The topological polar surface area (TPSA) is 99.2 Å². The number of amides is 4. The molecule has 2 saturated heterocycles. The number of nitrogens with zero attached hydrogens (tertiary/aromatic N) is 6. The van der Waals surface area contributed by atoms with E-state index in [4.69, 9.17) is 9.72 Å². The number of benzene rings is 1. The molecule has 4 heterocycles. The van der Waals surface area contributed by atoms with Crippen molar-refractivity contribution in [2.45, 2.75) is 45.3 Å². The van der Waals surface area contributed by atoms with Crippen molar-refractivity contribution in [1.82, 2.24) is 19.8 Å². The van der Waals surface area contributed by atoms with Crippen molar-refractivity contribution in [3.63, 3.8) is 0 Å². The Balaban J connectivity index is 1.05. The van der Waals surface area contributed by atoms with Crippen LogP contribution in [0.4, 0.5) is 16.4 Å². The molecule has 0 spiro atoms. The van der Waals surface area contributed by atoms with E-state index >= 15 is 0 Å². The molecular formula is C31H34N6O4. The van der Waals surface area contributed by atoms with Crippen molar-refractivity contribution < 1.29 is 19.1 Å². The van der Waals surface area contributed by atoms with Gasteiger partial charge < -0.3 is 14.5 Å². The Kier molecular flexibility index (Phi) is 7.40. The molecule has 3 fully saturated rings. The molecule has 10 nitrogen and oxygen atoms in total. The Hall–Kier alpha value is -4.31. The second kappa shape index (κ2) is 11.3. The molecule has 1 atom stereocenters. The van der Waals surface area contributed by atoms with Crippen LogP contribution in [0.25, 0.3) is 0 Å². The number of anilines is 2. The zero-order valence-electron chi connectivity index (χ0n) is 23.4. The molecule has 212 valence electrons. The molecule has 0 bridgehead atoms. The molecule has 4 amide bonds. The van der Waals surface area contributed by atoms with E-state index in [1.54, 1.807) is 19.1 Å². The van der Waals surface area contributed by atoms with Gasteiger partial charge in [0, 0.05) is 38.6 Å². The fraction of sp³-hybridized carbons (Fsp3) is 0.387. The van der Waals surface area contributed by atoms with Gasteiger partial charge >= 0.3 is 6.03 Å². The number of carbonyl (C=O) groups excluding carboxylic acids is 3. The third-order valence-corrected chi connectivity index (χ3v) is 8.01. The summed E-state index contributed by atoms with van der Waals surface area (Å²) in [6.07, 6.45) is 5.99. The first kappa shape index (κ1) is 26.9. The number of hydrogen-bond donors (Lipinski definition) is 0. The van der Waals surface area contributed by atoms with E-state index in [2.05, 4.69) is 22.9 Å². The van der Waals surface area contributed by atoms with Crippen LogP contribution in [0.5, 0.6) is 0 Å². The van der Waals surface area contributed by atoms with Crippen LogP contribution in [-0.4, -0.2) is 76.6 Å². The number of pyridine rings is 2. The van der Waals surface area contributed by atoms with Gasteiger partial charge in [0.25, 0.3) is 11.8 Å². The van der Waals surface area contributed by atoms with Gasteiger partial charge in [0.1, 0.15) is 24.4 Å². The monoisotopic (exact) mass is 554 g/mol. The second-order valence-electron chi connectivity index (χ2n) is 10.9. The number of piperazine rings is 1. The third-order valence-electron chi connectivity index (χ3n) is 8.01. The van der Waals surface area contributed by atoms with Crippen molar-refractivity contribution in [1.29, 1.82) is 0 Å². The first-order valence-corrected chi connectivity index (χ1v) is 14.1. The van der Waals surface area contributed by atoms with Gasteiger partial charge in [-0.15, -0.1) is 0 Å². The van der Waals surface area contributed by atoms with Gasteiger partial charge in [0.05, 0.1) is 12.2 Å². The molecule has 3 aromatic rings. The van der Waals surface area contributed by atoms with E-state index in [0.29, 0.717) is 50.1 Å². The Morgan fingerprint density at radius 1 is 0.976 bits per heavy atom. The number of urea groups is 1. The summed E-state index contributed by atoms with van der Waals surface area (Å²) in [5, 5.41) is 0. The maximum atomic E-state index is 13.2. The maximum Gasteiger partial charge on any atom is 0.335 e. The number of aryl methyl sites for hydroxylation is 1. The largest absolute Gasteiger partial charge is 0.356 e. The first-order chi connectivity index (χ1) is 19.9. The molecule has 0 radical (unpaired) electrons. The molecular weight excluding hydrogens is 520 g/mol. The molecule has 6 rings (SSSR count). The van der Waals surface area contributed by atoms with Gasteiger partial charge in [-0.25, -0.2) is 19.7 Å². The maximum absolute atomic E-state index is 13.2. The van der Waals surface area contributed by atoms with E-state index in [1.165, 1.54) is 35.1 Å². The molecule has 2 aromatic heterocycles. The van der Waals surface area contributed by atoms with Gasteiger partial charge in [-0.3, -0.25) is 14.5 Å². The quantitative estimate of drug-likeness (QED) is 0.389. The van der Waals surface area contributed by atoms with Crippen LogP contribution in [-0.2, 0) is 16.1 Å². The first-order valence-electron chi connectivity index (χ1n) is 14.1. The van der Waals surface area contributed by atoms with E-state index in [0.717, 1.165) is 16.3 Å². The average Bonchev–Trinajstić information content (AvgIpc) is 3.83. The van der Waals surface area contributed by atoms with Crippen LogP contribution in [0.15, 0.2) is 60.9 Å². The zero-order valence-corrected chi connectivity index (χ0v) is 23.4. The summed E-state index contributed by atoms with van der Waals surface area (Å²) in [6, 6.07) is 13.9. The molecule has 3 aliphatic rings. The number of imide groups is 1. The highest BCUT2D eigenvalue weighted by Gasteiger charge is 2.44. The van der Waals surface area contributed by atoms with Crippen LogP contribution in [0.2, 0.25) is 0 Å². The van der Waals surface area contributed by atoms with Crippen molar-refractivity contribution in [3.8, 4) is 0 Å². The van der Waals surface area contributed by atoms with Crippen LogP contribution >= 0.6 is 0 Å². The van der Waals surface area contributed by atoms with Gasteiger partial charge in [-0.2, -0.15) is 0 Å².